The normalized spacial score (nSPS) is 25.4. The molecule has 110 valence electrons. The molecule has 1 aliphatic rings. The van der Waals surface area contributed by atoms with E-state index in [4.69, 9.17) is 4.74 Å². The first kappa shape index (κ1) is 14.3. The molecule has 1 saturated heterocycles. The van der Waals surface area contributed by atoms with Crippen molar-refractivity contribution < 1.29 is 19.4 Å². The molecule has 1 fully saturated rings. The summed E-state index contributed by atoms with van der Waals surface area (Å²) < 4.78 is 6.86. The third kappa shape index (κ3) is 3.08. The molecule has 20 heavy (non-hydrogen) atoms. The molecule has 0 aliphatic carbocycles. The van der Waals surface area contributed by atoms with Crippen LogP contribution in [0.4, 0.5) is 4.79 Å². The highest BCUT2D eigenvalue weighted by molar-refractivity contribution is 5.79. The number of aliphatic carboxylic acids is 1. The minimum atomic E-state index is -1.08. The summed E-state index contributed by atoms with van der Waals surface area (Å²) in [7, 11) is 0. The predicted octanol–water partition coefficient (Wildman–Crippen LogP) is -0.328. The Labute approximate surface area is 116 Å². The third-order valence-electron chi connectivity index (χ3n) is 3.44. The van der Waals surface area contributed by atoms with E-state index in [9.17, 15) is 14.7 Å². The SMILES string of the molecule is CC1(C(=O)O)COCC1NC(=O)NCCn1cccn1. The molecule has 8 nitrogen and oxygen atoms in total. The van der Waals surface area contributed by atoms with E-state index < -0.39 is 23.5 Å². The van der Waals surface area contributed by atoms with Crippen LogP contribution < -0.4 is 10.6 Å². The van der Waals surface area contributed by atoms with Gasteiger partial charge in [0.1, 0.15) is 5.41 Å². The molecule has 2 rings (SSSR count). The van der Waals surface area contributed by atoms with Crippen LogP contribution in [0.5, 0.6) is 0 Å². The van der Waals surface area contributed by atoms with E-state index in [0.717, 1.165) is 0 Å². The average molecular weight is 282 g/mol. The summed E-state index contributed by atoms with van der Waals surface area (Å²) in [5.74, 6) is -0.975. The highest BCUT2D eigenvalue weighted by Gasteiger charge is 2.47. The second-order valence-corrected chi connectivity index (χ2v) is 4.96. The minimum absolute atomic E-state index is 0.0978. The molecule has 3 N–H and O–H groups in total. The molecule has 8 heteroatoms. The summed E-state index contributed by atoms with van der Waals surface area (Å²) >= 11 is 0. The van der Waals surface area contributed by atoms with E-state index in [-0.39, 0.29) is 13.2 Å². The lowest BCUT2D eigenvalue weighted by molar-refractivity contribution is -0.148. The molecule has 0 saturated carbocycles. The van der Waals surface area contributed by atoms with E-state index in [1.54, 1.807) is 30.1 Å². The average Bonchev–Trinajstić information content (AvgIpc) is 3.01. The Bertz CT molecular complexity index is 476. The zero-order valence-corrected chi connectivity index (χ0v) is 11.2. The van der Waals surface area contributed by atoms with Gasteiger partial charge >= 0.3 is 12.0 Å². The van der Waals surface area contributed by atoms with Crippen LogP contribution in [-0.4, -0.2) is 52.7 Å². The Hall–Kier alpha value is -2.09. The van der Waals surface area contributed by atoms with Gasteiger partial charge in [-0.2, -0.15) is 5.10 Å². The number of nitrogens with one attached hydrogen (secondary N) is 2. The lowest BCUT2D eigenvalue weighted by Gasteiger charge is -2.25. The van der Waals surface area contributed by atoms with Crippen molar-refractivity contribution in [3.8, 4) is 0 Å². The van der Waals surface area contributed by atoms with E-state index in [0.29, 0.717) is 13.1 Å². The first-order valence-electron chi connectivity index (χ1n) is 6.35. The van der Waals surface area contributed by atoms with E-state index in [1.807, 2.05) is 0 Å². The maximum Gasteiger partial charge on any atom is 0.315 e. The first-order valence-corrected chi connectivity index (χ1v) is 6.35. The Morgan fingerprint density at radius 2 is 2.40 bits per heavy atom. The Morgan fingerprint density at radius 3 is 3.05 bits per heavy atom. The largest absolute Gasteiger partial charge is 0.481 e. The summed E-state index contributed by atoms with van der Waals surface area (Å²) in [5.41, 5.74) is -1.08. The topological polar surface area (TPSA) is 105 Å². The molecular weight excluding hydrogens is 264 g/mol. The minimum Gasteiger partial charge on any atom is -0.481 e. The summed E-state index contributed by atoms with van der Waals surface area (Å²) in [4.78, 5) is 23.0. The summed E-state index contributed by atoms with van der Waals surface area (Å²) in [6.45, 7) is 2.83. The monoisotopic (exact) mass is 282 g/mol. The fourth-order valence-electron chi connectivity index (χ4n) is 2.01. The zero-order valence-electron chi connectivity index (χ0n) is 11.2. The van der Waals surface area contributed by atoms with Crippen molar-refractivity contribution >= 4 is 12.0 Å². The zero-order chi connectivity index (χ0) is 14.6. The van der Waals surface area contributed by atoms with Crippen molar-refractivity contribution in [3.63, 3.8) is 0 Å². The lowest BCUT2D eigenvalue weighted by Crippen LogP contribution is -2.52. The molecule has 2 atom stereocenters. The van der Waals surface area contributed by atoms with Crippen molar-refractivity contribution in [2.75, 3.05) is 19.8 Å². The Morgan fingerprint density at radius 1 is 1.60 bits per heavy atom. The quantitative estimate of drug-likeness (QED) is 0.686. The maximum atomic E-state index is 11.7. The van der Waals surface area contributed by atoms with Gasteiger partial charge in [-0.1, -0.05) is 0 Å². The van der Waals surface area contributed by atoms with Crippen molar-refractivity contribution in [1.29, 1.82) is 0 Å². The summed E-state index contributed by atoms with van der Waals surface area (Å²) in [6, 6.07) is 0.860. The fourth-order valence-corrected chi connectivity index (χ4v) is 2.01. The van der Waals surface area contributed by atoms with Gasteiger partial charge in [-0.25, -0.2) is 4.79 Å². The maximum absolute atomic E-state index is 11.7. The van der Waals surface area contributed by atoms with E-state index >= 15 is 0 Å². The number of amides is 2. The van der Waals surface area contributed by atoms with Crippen molar-refractivity contribution in [3.05, 3.63) is 18.5 Å². The smallest absolute Gasteiger partial charge is 0.315 e. The number of carboxylic acid groups (broad SMARTS) is 1. The van der Waals surface area contributed by atoms with Crippen molar-refractivity contribution in [2.24, 2.45) is 5.41 Å². The van der Waals surface area contributed by atoms with Gasteiger partial charge in [-0.15, -0.1) is 0 Å². The van der Waals surface area contributed by atoms with Crippen molar-refractivity contribution in [2.45, 2.75) is 19.5 Å². The highest BCUT2D eigenvalue weighted by Crippen LogP contribution is 2.28. The van der Waals surface area contributed by atoms with Gasteiger partial charge in [0.25, 0.3) is 0 Å². The van der Waals surface area contributed by atoms with Crippen LogP contribution in [0.1, 0.15) is 6.92 Å². The van der Waals surface area contributed by atoms with Crippen LogP contribution in [0, 0.1) is 5.41 Å². The molecule has 0 aromatic carbocycles. The molecule has 0 bridgehead atoms. The molecule has 0 spiro atoms. The van der Waals surface area contributed by atoms with Gasteiger partial charge in [0.15, 0.2) is 0 Å². The van der Waals surface area contributed by atoms with Gasteiger partial charge in [-0.3, -0.25) is 9.48 Å². The lowest BCUT2D eigenvalue weighted by atomic mass is 9.85. The number of urea groups is 1. The standard InChI is InChI=1S/C12H18N4O4/c1-12(10(17)18)8-20-7-9(12)15-11(19)13-4-6-16-5-2-3-14-16/h2-3,5,9H,4,6-8H2,1H3,(H,17,18)(H2,13,15,19). The van der Waals surface area contributed by atoms with Crippen LogP contribution in [0.25, 0.3) is 0 Å². The molecule has 2 unspecified atom stereocenters. The first-order chi connectivity index (χ1) is 9.52. The number of ether oxygens (including phenoxy) is 1. The second-order valence-electron chi connectivity index (χ2n) is 4.96. The van der Waals surface area contributed by atoms with E-state index in [1.165, 1.54) is 0 Å². The van der Waals surface area contributed by atoms with Gasteiger partial charge < -0.3 is 20.5 Å². The number of hydrogen-bond donors (Lipinski definition) is 3. The van der Waals surface area contributed by atoms with Gasteiger partial charge in [0, 0.05) is 18.9 Å². The molecule has 2 heterocycles. The molecule has 2 amide bonds. The van der Waals surface area contributed by atoms with Crippen LogP contribution in [-0.2, 0) is 16.1 Å². The summed E-state index contributed by atoms with van der Waals surface area (Å²) in [6.07, 6.45) is 3.46. The summed E-state index contributed by atoms with van der Waals surface area (Å²) in [5, 5.41) is 18.5. The van der Waals surface area contributed by atoms with Crippen LogP contribution in [0.15, 0.2) is 18.5 Å². The van der Waals surface area contributed by atoms with Gasteiger partial charge in [0.2, 0.25) is 0 Å². The molecular formula is C12H18N4O4. The third-order valence-corrected chi connectivity index (χ3v) is 3.44. The fraction of sp³-hybridized carbons (Fsp3) is 0.583. The van der Waals surface area contributed by atoms with Crippen LogP contribution >= 0.6 is 0 Å². The van der Waals surface area contributed by atoms with Gasteiger partial charge in [-0.05, 0) is 13.0 Å². The number of aromatic nitrogens is 2. The molecule has 1 aliphatic heterocycles. The Kier molecular flexibility index (Phi) is 4.23. The molecule has 1 aromatic heterocycles. The van der Waals surface area contributed by atoms with Crippen molar-refractivity contribution in [1.82, 2.24) is 20.4 Å². The predicted molar refractivity (Wildman–Crippen MR) is 69.1 cm³/mol. The molecule has 1 aromatic rings. The molecule has 0 radical (unpaired) electrons. The van der Waals surface area contributed by atoms with Gasteiger partial charge in [0.05, 0.1) is 25.8 Å². The number of carbonyl (C=O) groups excluding carboxylic acids is 1. The highest BCUT2D eigenvalue weighted by atomic mass is 16.5. The number of nitrogens with zero attached hydrogens (tertiary/aromatic N) is 2. The van der Waals surface area contributed by atoms with Crippen LogP contribution in [0.3, 0.4) is 0 Å². The number of hydrogen-bond acceptors (Lipinski definition) is 4. The van der Waals surface area contributed by atoms with E-state index in [2.05, 4.69) is 15.7 Å². The number of rotatable bonds is 5. The Balaban J connectivity index is 1.78. The number of carboxylic acids is 1. The number of carbonyl (C=O) groups is 2. The van der Waals surface area contributed by atoms with Crippen LogP contribution in [0.2, 0.25) is 0 Å². The second kappa shape index (κ2) is 5.91.